The van der Waals surface area contributed by atoms with E-state index in [-0.39, 0.29) is 0 Å². The molecule has 0 saturated carbocycles. The minimum Gasteiger partial charge on any atom is -0.468 e. The smallest absolute Gasteiger partial charge is 0.325 e. The van der Waals surface area contributed by atoms with Gasteiger partial charge in [0.2, 0.25) is 0 Å². The molecule has 0 atom stereocenters. The zero-order chi connectivity index (χ0) is 11.3. The molecule has 0 radical (unpaired) electrons. The molecule has 0 fully saturated rings. The van der Waals surface area contributed by atoms with Crippen LogP contribution >= 0.6 is 0 Å². The van der Waals surface area contributed by atoms with Gasteiger partial charge in [-0.05, 0) is 13.8 Å². The number of rotatable bonds is 4. The largest absolute Gasteiger partial charge is 0.468 e. The minimum atomic E-state index is -3.10. The molecule has 0 unspecified atom stereocenters. The first kappa shape index (κ1) is 12.8. The molecule has 1 amide bonds. The van der Waals surface area contributed by atoms with Gasteiger partial charge in [-0.1, -0.05) is 0 Å². The Hall–Kier alpha value is -1.20. The van der Waals surface area contributed by atoms with E-state index < -0.39 is 30.9 Å². The normalized spacial score (nSPS) is 10.5. The molecule has 0 heterocycles. The summed E-state index contributed by atoms with van der Waals surface area (Å²) >= 11 is 0. The van der Waals surface area contributed by atoms with Crippen LogP contribution < -0.4 is 0 Å². The summed E-state index contributed by atoms with van der Waals surface area (Å²) in [5, 5.41) is 0. The summed E-state index contributed by atoms with van der Waals surface area (Å²) < 4.78 is 28.4. The second-order valence-electron chi connectivity index (χ2n) is 2.94. The Balaban J connectivity index is 4.45. The lowest BCUT2D eigenvalue weighted by Crippen LogP contribution is -2.44. The van der Waals surface area contributed by atoms with Crippen molar-refractivity contribution < 1.29 is 23.1 Å². The van der Waals surface area contributed by atoms with Crippen molar-refractivity contribution in [2.45, 2.75) is 26.3 Å². The van der Waals surface area contributed by atoms with Crippen molar-refractivity contribution in [3.8, 4) is 0 Å². The van der Waals surface area contributed by atoms with Crippen LogP contribution in [0.25, 0.3) is 0 Å². The van der Waals surface area contributed by atoms with Gasteiger partial charge in [0.15, 0.2) is 0 Å². The lowest BCUT2D eigenvalue weighted by atomic mass is 10.3. The number of ether oxygens (including phenoxy) is 1. The van der Waals surface area contributed by atoms with Gasteiger partial charge in [-0.2, -0.15) is 8.78 Å². The number of carbonyl (C=O) groups excluding carboxylic acids is 2. The molecule has 4 nitrogen and oxygen atoms in total. The topological polar surface area (TPSA) is 46.6 Å². The fourth-order valence-corrected chi connectivity index (χ4v) is 0.844. The lowest BCUT2D eigenvalue weighted by Gasteiger charge is -2.24. The highest BCUT2D eigenvalue weighted by Crippen LogP contribution is 2.05. The molecule has 6 heteroatoms. The summed E-state index contributed by atoms with van der Waals surface area (Å²) in [5.41, 5.74) is 0. The van der Waals surface area contributed by atoms with Gasteiger partial charge in [0, 0.05) is 6.04 Å². The van der Waals surface area contributed by atoms with E-state index in [4.69, 9.17) is 0 Å². The Bertz CT molecular complexity index is 219. The van der Waals surface area contributed by atoms with Gasteiger partial charge >= 0.3 is 12.4 Å². The van der Waals surface area contributed by atoms with Gasteiger partial charge in [-0.25, -0.2) is 0 Å². The van der Waals surface area contributed by atoms with Crippen molar-refractivity contribution in [3.05, 3.63) is 0 Å². The third-order valence-electron chi connectivity index (χ3n) is 1.62. The fourth-order valence-electron chi connectivity index (χ4n) is 0.844. The van der Waals surface area contributed by atoms with E-state index in [0.717, 1.165) is 12.0 Å². The van der Waals surface area contributed by atoms with E-state index in [9.17, 15) is 18.4 Å². The van der Waals surface area contributed by atoms with Gasteiger partial charge in [-0.15, -0.1) is 0 Å². The second kappa shape index (κ2) is 5.51. The number of hydrogen-bond donors (Lipinski definition) is 0. The molecule has 14 heavy (non-hydrogen) atoms. The third-order valence-corrected chi connectivity index (χ3v) is 1.62. The van der Waals surface area contributed by atoms with Crippen molar-refractivity contribution >= 4 is 11.9 Å². The fraction of sp³-hybridized carbons (Fsp3) is 0.750. The standard InChI is InChI=1S/C8H13F2NO3/c1-5(2)11(4-6(12)14-3)8(13)7(9)10/h5,7H,4H2,1-3H3. The predicted octanol–water partition coefficient (Wildman–Crippen LogP) is 0.661. The number of amides is 1. The van der Waals surface area contributed by atoms with Crippen molar-refractivity contribution in [1.82, 2.24) is 4.90 Å². The Kier molecular flexibility index (Phi) is 5.04. The molecule has 0 saturated heterocycles. The van der Waals surface area contributed by atoms with Crippen LogP contribution in [0.5, 0.6) is 0 Å². The van der Waals surface area contributed by atoms with E-state index in [2.05, 4.69) is 4.74 Å². The molecule has 0 rings (SSSR count). The summed E-state index contributed by atoms with van der Waals surface area (Å²) in [4.78, 5) is 22.5. The van der Waals surface area contributed by atoms with Gasteiger partial charge in [0.25, 0.3) is 5.91 Å². The maximum atomic E-state index is 12.0. The van der Waals surface area contributed by atoms with Crippen molar-refractivity contribution in [2.75, 3.05) is 13.7 Å². The number of methoxy groups -OCH3 is 1. The zero-order valence-corrected chi connectivity index (χ0v) is 8.29. The molecule has 0 aliphatic rings. The number of esters is 1. The summed E-state index contributed by atoms with van der Waals surface area (Å²) in [6.45, 7) is 2.64. The predicted molar refractivity (Wildman–Crippen MR) is 44.9 cm³/mol. The molecule has 0 aliphatic carbocycles. The van der Waals surface area contributed by atoms with Crippen LogP contribution in [0.4, 0.5) is 8.78 Å². The Labute approximate surface area is 80.8 Å². The van der Waals surface area contributed by atoms with Crippen LogP contribution in [-0.2, 0) is 14.3 Å². The van der Waals surface area contributed by atoms with Crippen molar-refractivity contribution in [2.24, 2.45) is 0 Å². The maximum Gasteiger partial charge on any atom is 0.325 e. The van der Waals surface area contributed by atoms with E-state index in [1.54, 1.807) is 13.8 Å². The van der Waals surface area contributed by atoms with Crippen LogP contribution in [0, 0.1) is 0 Å². The van der Waals surface area contributed by atoms with Crippen LogP contribution in [0.2, 0.25) is 0 Å². The molecule has 0 aromatic carbocycles. The summed E-state index contributed by atoms with van der Waals surface area (Å²) in [6, 6.07) is -0.462. The number of halogens is 2. The SMILES string of the molecule is COC(=O)CN(C(=O)C(F)F)C(C)C. The first-order chi connectivity index (χ1) is 6.40. The third kappa shape index (κ3) is 3.68. The molecule has 0 aliphatic heterocycles. The van der Waals surface area contributed by atoms with Gasteiger partial charge < -0.3 is 9.64 Å². The van der Waals surface area contributed by atoms with Crippen molar-refractivity contribution in [1.29, 1.82) is 0 Å². The van der Waals surface area contributed by atoms with Crippen LogP contribution in [0.3, 0.4) is 0 Å². The highest BCUT2D eigenvalue weighted by Gasteiger charge is 2.27. The van der Waals surface area contributed by atoms with Crippen molar-refractivity contribution in [3.63, 3.8) is 0 Å². The number of carbonyl (C=O) groups is 2. The summed E-state index contributed by atoms with van der Waals surface area (Å²) in [5.74, 6) is -2.07. The van der Waals surface area contributed by atoms with E-state index in [1.807, 2.05) is 0 Å². The molecule has 0 N–H and O–H groups in total. The lowest BCUT2D eigenvalue weighted by molar-refractivity contribution is -0.153. The van der Waals surface area contributed by atoms with Crippen LogP contribution in [0.1, 0.15) is 13.8 Å². The summed E-state index contributed by atoms with van der Waals surface area (Å²) in [7, 11) is 1.13. The molecular weight excluding hydrogens is 196 g/mol. The zero-order valence-electron chi connectivity index (χ0n) is 8.29. The number of hydrogen-bond acceptors (Lipinski definition) is 3. The van der Waals surface area contributed by atoms with Gasteiger partial charge in [0.1, 0.15) is 6.54 Å². The molecule has 0 bridgehead atoms. The molecule has 82 valence electrons. The average molecular weight is 209 g/mol. The Morgan fingerprint density at radius 3 is 2.14 bits per heavy atom. The Morgan fingerprint density at radius 2 is 1.86 bits per heavy atom. The molecule has 0 spiro atoms. The second-order valence-corrected chi connectivity index (χ2v) is 2.94. The van der Waals surface area contributed by atoms with E-state index >= 15 is 0 Å². The highest BCUT2D eigenvalue weighted by molar-refractivity contribution is 5.84. The monoisotopic (exact) mass is 209 g/mol. The molecule has 0 aromatic heterocycles. The molecular formula is C8H13F2NO3. The van der Waals surface area contributed by atoms with E-state index in [1.165, 1.54) is 0 Å². The quantitative estimate of drug-likeness (QED) is 0.639. The maximum absolute atomic E-state index is 12.0. The Morgan fingerprint density at radius 1 is 1.36 bits per heavy atom. The summed E-state index contributed by atoms with van der Waals surface area (Å²) in [6.07, 6.45) is -3.10. The van der Waals surface area contributed by atoms with Crippen LogP contribution in [-0.4, -0.2) is 42.9 Å². The highest BCUT2D eigenvalue weighted by atomic mass is 19.3. The first-order valence-corrected chi connectivity index (χ1v) is 4.05. The van der Waals surface area contributed by atoms with E-state index in [0.29, 0.717) is 0 Å². The molecule has 0 aromatic rings. The average Bonchev–Trinajstić information content (AvgIpc) is 2.11. The number of nitrogens with zero attached hydrogens (tertiary/aromatic N) is 1. The minimum absolute atomic E-state index is 0.447. The van der Waals surface area contributed by atoms with Crippen LogP contribution in [0.15, 0.2) is 0 Å². The van der Waals surface area contributed by atoms with Gasteiger partial charge in [-0.3, -0.25) is 9.59 Å². The first-order valence-electron chi connectivity index (χ1n) is 4.05. The van der Waals surface area contributed by atoms with Gasteiger partial charge in [0.05, 0.1) is 7.11 Å². The number of alkyl halides is 2.